The minimum absolute atomic E-state index is 0.129. The van der Waals surface area contributed by atoms with Gasteiger partial charge in [-0.15, -0.1) is 0 Å². The van der Waals surface area contributed by atoms with Gasteiger partial charge in [0.2, 0.25) is 11.8 Å². The number of fused-ring (bicyclic) bond motifs is 5. The van der Waals surface area contributed by atoms with Crippen LogP contribution in [0, 0.1) is 29.5 Å². The average molecular weight is 498 g/mol. The molecule has 0 spiro atoms. The van der Waals surface area contributed by atoms with Gasteiger partial charge in [0.1, 0.15) is 5.82 Å². The van der Waals surface area contributed by atoms with E-state index in [0.717, 1.165) is 25.0 Å². The molecule has 1 heterocycles. The number of amides is 2. The average Bonchev–Trinajstić information content (AvgIpc) is 3.59. The van der Waals surface area contributed by atoms with Gasteiger partial charge >= 0.3 is 5.97 Å². The lowest BCUT2D eigenvalue weighted by atomic mass is 9.73. The fourth-order valence-corrected chi connectivity index (χ4v) is 6.50. The third-order valence-corrected chi connectivity index (χ3v) is 8.08. The molecular formula is C30H24FNO5. The number of carbonyl (C=O) groups is 4. The van der Waals surface area contributed by atoms with Gasteiger partial charge in [0.05, 0.1) is 23.1 Å². The summed E-state index contributed by atoms with van der Waals surface area (Å²) in [6.07, 6.45) is 1.78. The lowest BCUT2D eigenvalue weighted by Crippen LogP contribution is -2.33. The maximum Gasteiger partial charge on any atom is 0.338 e. The minimum atomic E-state index is -0.749. The van der Waals surface area contributed by atoms with Crippen molar-refractivity contribution in [3.05, 3.63) is 101 Å². The molecule has 5 atom stereocenters. The first kappa shape index (κ1) is 23.3. The molecule has 0 N–H and O–H groups in total. The maximum atomic E-state index is 13.6. The van der Waals surface area contributed by atoms with E-state index < -0.39 is 24.2 Å². The van der Waals surface area contributed by atoms with Crippen LogP contribution in [0.5, 0.6) is 0 Å². The number of esters is 1. The summed E-state index contributed by atoms with van der Waals surface area (Å²) in [5.74, 6) is -2.19. The largest absolute Gasteiger partial charge is 0.454 e. The Labute approximate surface area is 213 Å². The van der Waals surface area contributed by atoms with Crippen LogP contribution >= 0.6 is 0 Å². The van der Waals surface area contributed by atoms with Crippen LogP contribution in [0.25, 0.3) is 0 Å². The first-order valence-corrected chi connectivity index (χ1v) is 12.4. The molecule has 0 aromatic heterocycles. The molecule has 0 unspecified atom stereocenters. The van der Waals surface area contributed by atoms with Crippen LogP contribution in [0.1, 0.15) is 45.0 Å². The molecule has 2 saturated carbocycles. The molecule has 186 valence electrons. The first-order chi connectivity index (χ1) is 17.9. The van der Waals surface area contributed by atoms with Crippen molar-refractivity contribution in [1.82, 2.24) is 0 Å². The van der Waals surface area contributed by atoms with Crippen molar-refractivity contribution in [3.8, 4) is 0 Å². The van der Waals surface area contributed by atoms with Crippen molar-refractivity contribution in [1.29, 1.82) is 0 Å². The summed E-state index contributed by atoms with van der Waals surface area (Å²) in [4.78, 5) is 53.1. The number of halogens is 1. The summed E-state index contributed by atoms with van der Waals surface area (Å²) < 4.78 is 18.2. The third-order valence-electron chi connectivity index (χ3n) is 8.08. The lowest BCUT2D eigenvalue weighted by molar-refractivity contribution is -0.123. The highest BCUT2D eigenvalue weighted by atomic mass is 19.1. The Balaban J connectivity index is 1.18. The minimum Gasteiger partial charge on any atom is -0.454 e. The SMILES string of the molecule is O=C(COC(=O)c1cccc(N2C(=O)[C@@H]3[C@@H]4C[C@@H]([C@@H]3C2=O)[C@@H](c2ccccc2)C4)c1)c1ccc(F)cc1. The molecular weight excluding hydrogens is 473 g/mol. The molecule has 6 nitrogen and oxygen atoms in total. The van der Waals surface area contributed by atoms with Crippen molar-refractivity contribution in [2.45, 2.75) is 18.8 Å². The van der Waals surface area contributed by atoms with E-state index in [-0.39, 0.29) is 52.5 Å². The number of nitrogens with zero attached hydrogens (tertiary/aromatic N) is 1. The maximum absolute atomic E-state index is 13.6. The van der Waals surface area contributed by atoms with Crippen LogP contribution in [0.4, 0.5) is 10.1 Å². The van der Waals surface area contributed by atoms with Crippen molar-refractivity contribution < 1.29 is 28.3 Å². The van der Waals surface area contributed by atoms with E-state index in [1.54, 1.807) is 12.1 Å². The summed E-state index contributed by atoms with van der Waals surface area (Å²) in [6.45, 7) is -0.509. The number of hydrogen-bond donors (Lipinski definition) is 0. The fourth-order valence-electron chi connectivity index (χ4n) is 6.50. The van der Waals surface area contributed by atoms with Gasteiger partial charge in [0, 0.05) is 5.56 Å². The molecule has 2 bridgehead atoms. The van der Waals surface area contributed by atoms with Crippen molar-refractivity contribution in [3.63, 3.8) is 0 Å². The van der Waals surface area contributed by atoms with Crippen molar-refractivity contribution in [2.75, 3.05) is 11.5 Å². The highest BCUT2D eigenvalue weighted by molar-refractivity contribution is 6.23. The molecule has 6 rings (SSSR count). The molecule has 2 amide bonds. The zero-order chi connectivity index (χ0) is 25.7. The number of hydrogen-bond acceptors (Lipinski definition) is 5. The van der Waals surface area contributed by atoms with E-state index in [0.29, 0.717) is 5.69 Å². The Morgan fingerprint density at radius 3 is 2.32 bits per heavy atom. The molecule has 3 aliphatic rings. The van der Waals surface area contributed by atoms with E-state index in [1.165, 1.54) is 34.7 Å². The van der Waals surface area contributed by atoms with Crippen LogP contribution in [-0.2, 0) is 14.3 Å². The van der Waals surface area contributed by atoms with E-state index in [9.17, 15) is 23.6 Å². The monoisotopic (exact) mass is 497 g/mol. The summed E-state index contributed by atoms with van der Waals surface area (Å²) in [5.41, 5.74) is 1.91. The zero-order valence-corrected chi connectivity index (χ0v) is 19.9. The number of benzene rings is 3. The van der Waals surface area contributed by atoms with Crippen LogP contribution in [0.15, 0.2) is 78.9 Å². The van der Waals surface area contributed by atoms with Gasteiger partial charge in [-0.05, 0) is 78.6 Å². The predicted molar refractivity (Wildman–Crippen MR) is 132 cm³/mol. The van der Waals surface area contributed by atoms with E-state index in [2.05, 4.69) is 12.1 Å². The Bertz CT molecular complexity index is 1400. The first-order valence-electron chi connectivity index (χ1n) is 12.4. The molecule has 2 aliphatic carbocycles. The predicted octanol–water partition coefficient (Wildman–Crippen LogP) is 4.79. The van der Waals surface area contributed by atoms with Crippen LogP contribution < -0.4 is 4.90 Å². The van der Waals surface area contributed by atoms with Gasteiger partial charge in [0.15, 0.2) is 12.4 Å². The molecule has 3 fully saturated rings. The van der Waals surface area contributed by atoms with Crippen LogP contribution in [-0.4, -0.2) is 30.2 Å². The molecule has 37 heavy (non-hydrogen) atoms. The molecule has 3 aromatic rings. The van der Waals surface area contributed by atoms with Gasteiger partial charge in [-0.3, -0.25) is 19.3 Å². The Hall–Kier alpha value is -4.13. The summed E-state index contributed by atoms with van der Waals surface area (Å²) in [7, 11) is 0. The van der Waals surface area contributed by atoms with Crippen molar-refractivity contribution >= 4 is 29.3 Å². The zero-order valence-electron chi connectivity index (χ0n) is 19.9. The number of rotatable bonds is 6. The second-order valence-corrected chi connectivity index (χ2v) is 10.0. The van der Waals surface area contributed by atoms with Gasteiger partial charge in [0.25, 0.3) is 0 Å². The van der Waals surface area contributed by atoms with Gasteiger partial charge in [-0.25, -0.2) is 9.18 Å². The lowest BCUT2D eigenvalue weighted by Gasteiger charge is -2.28. The molecule has 0 radical (unpaired) electrons. The normalized spacial score (nSPS) is 25.9. The smallest absolute Gasteiger partial charge is 0.338 e. The summed E-state index contributed by atoms with van der Waals surface area (Å²) in [5, 5.41) is 0. The third kappa shape index (κ3) is 3.95. The number of carbonyl (C=O) groups excluding carboxylic acids is 4. The quantitative estimate of drug-likeness (QED) is 0.278. The standard InChI is InChI=1S/C30H24FNO5/c31-21-11-9-18(10-12-21)25(33)16-37-30(36)19-7-4-8-22(13-19)32-28(34)26-20-14-23(17-5-2-1-3-6-17)24(15-20)27(26)29(32)35/h1-13,20,23-24,26-27H,14-16H2/t20-,23+,24+,26+,27-/m0/s1. The highest BCUT2D eigenvalue weighted by Gasteiger charge is 2.64. The topological polar surface area (TPSA) is 80.8 Å². The van der Waals surface area contributed by atoms with Crippen molar-refractivity contribution in [2.24, 2.45) is 23.7 Å². The van der Waals surface area contributed by atoms with E-state index in [4.69, 9.17) is 4.74 Å². The van der Waals surface area contributed by atoms with Crippen LogP contribution in [0.2, 0.25) is 0 Å². The number of Topliss-reactive ketones (excluding diaryl/α,β-unsaturated/α-hetero) is 1. The molecule has 3 aromatic carbocycles. The fraction of sp³-hybridized carbons (Fsp3) is 0.267. The van der Waals surface area contributed by atoms with Gasteiger partial charge in [-0.1, -0.05) is 36.4 Å². The number of anilines is 1. The second-order valence-electron chi connectivity index (χ2n) is 10.0. The Kier molecular flexibility index (Phi) is 5.71. The second kappa shape index (κ2) is 9.07. The van der Waals surface area contributed by atoms with Gasteiger partial charge in [-0.2, -0.15) is 0 Å². The Morgan fingerprint density at radius 1 is 0.838 bits per heavy atom. The highest BCUT2D eigenvalue weighted by Crippen LogP contribution is 2.61. The number of ether oxygens (including phenoxy) is 1. The van der Waals surface area contributed by atoms with Crippen LogP contribution in [0.3, 0.4) is 0 Å². The summed E-state index contributed by atoms with van der Waals surface area (Å²) >= 11 is 0. The molecule has 7 heteroatoms. The Morgan fingerprint density at radius 2 is 1.57 bits per heavy atom. The van der Waals surface area contributed by atoms with E-state index in [1.807, 2.05) is 18.2 Å². The number of ketones is 1. The summed E-state index contributed by atoms with van der Waals surface area (Å²) in [6, 6.07) is 21.3. The molecule has 1 aliphatic heterocycles. The number of imide groups is 1. The molecule has 1 saturated heterocycles. The van der Waals surface area contributed by atoms with E-state index >= 15 is 0 Å². The van der Waals surface area contributed by atoms with Gasteiger partial charge < -0.3 is 4.74 Å².